The van der Waals surface area contributed by atoms with E-state index in [0.29, 0.717) is 23.7 Å². The highest BCUT2D eigenvalue weighted by Gasteiger charge is 2.25. The summed E-state index contributed by atoms with van der Waals surface area (Å²) in [5.74, 6) is 0.249. The smallest absolute Gasteiger partial charge is 0.227 e. The first kappa shape index (κ1) is 21.5. The Morgan fingerprint density at radius 1 is 1.19 bits per heavy atom. The summed E-state index contributed by atoms with van der Waals surface area (Å²) in [4.78, 5) is 23.6. The summed E-state index contributed by atoms with van der Waals surface area (Å²) in [5.41, 5.74) is 7.95. The maximum absolute atomic E-state index is 12.0. The van der Waals surface area contributed by atoms with Crippen LogP contribution < -0.4 is 20.6 Å². The zero-order valence-corrected chi connectivity index (χ0v) is 17.8. The van der Waals surface area contributed by atoms with Crippen LogP contribution in [0.25, 0.3) is 0 Å². The molecule has 0 radical (unpaired) electrons. The Hall–Kier alpha value is -3.74. The molecular weight excluding hydrogens is 410 g/mol. The van der Waals surface area contributed by atoms with Crippen molar-refractivity contribution in [3.63, 3.8) is 0 Å². The van der Waals surface area contributed by atoms with Gasteiger partial charge in [0.25, 0.3) is 0 Å². The first-order chi connectivity index (χ1) is 15.4. The van der Waals surface area contributed by atoms with Crippen LogP contribution in [-0.2, 0) is 17.6 Å². The van der Waals surface area contributed by atoms with Gasteiger partial charge >= 0.3 is 0 Å². The minimum Gasteiger partial charge on any atom is -0.502 e. The van der Waals surface area contributed by atoms with Crippen LogP contribution in [-0.4, -0.2) is 24.2 Å². The molecule has 2 heterocycles. The van der Waals surface area contributed by atoms with Crippen molar-refractivity contribution < 1.29 is 23.8 Å². The number of carbonyl (C=O) groups is 1. The average molecular weight is 435 g/mol. The number of hydrogen-bond acceptors (Lipinski definition) is 6. The quantitative estimate of drug-likeness (QED) is 0.562. The standard InChI is InChI=1S/C25H25NO6/c1-15-12-21(27)24(29)25(32-15)20(14-23(26)28)17-3-5-19(6-4-17)30-10-8-16-2-7-22-18(13-16)9-11-31-22/h2-7,12-13,20,29H,8-11,14H2,1H3,(H2,26,28)/t20-/m1/s1. The van der Waals surface area contributed by atoms with E-state index in [0.717, 1.165) is 25.2 Å². The van der Waals surface area contributed by atoms with E-state index in [9.17, 15) is 14.7 Å². The maximum atomic E-state index is 12.0. The van der Waals surface area contributed by atoms with Gasteiger partial charge in [-0.3, -0.25) is 9.59 Å². The summed E-state index contributed by atoms with van der Waals surface area (Å²) in [6.45, 7) is 2.86. The molecule has 0 aliphatic carbocycles. The predicted molar refractivity (Wildman–Crippen MR) is 118 cm³/mol. The largest absolute Gasteiger partial charge is 0.502 e. The maximum Gasteiger partial charge on any atom is 0.227 e. The second kappa shape index (κ2) is 9.18. The molecule has 0 spiro atoms. The minimum absolute atomic E-state index is 0.0306. The molecule has 7 heteroatoms. The number of hydrogen-bond donors (Lipinski definition) is 2. The third-order valence-corrected chi connectivity index (χ3v) is 5.49. The van der Waals surface area contributed by atoms with Crippen molar-refractivity contribution in [1.82, 2.24) is 0 Å². The fourth-order valence-corrected chi connectivity index (χ4v) is 3.90. The summed E-state index contributed by atoms with van der Waals surface area (Å²) >= 11 is 0. The molecule has 32 heavy (non-hydrogen) atoms. The molecule has 0 saturated heterocycles. The van der Waals surface area contributed by atoms with Crippen molar-refractivity contribution in [2.75, 3.05) is 13.2 Å². The molecular formula is C25H25NO6. The van der Waals surface area contributed by atoms with Gasteiger partial charge in [-0.25, -0.2) is 0 Å². The molecule has 1 aliphatic heterocycles. The van der Waals surface area contributed by atoms with E-state index in [1.54, 1.807) is 31.2 Å². The Bertz CT molecular complexity index is 1180. The van der Waals surface area contributed by atoms with E-state index in [1.165, 1.54) is 17.2 Å². The van der Waals surface area contributed by atoms with Crippen LogP contribution in [0.5, 0.6) is 17.2 Å². The second-order valence-electron chi connectivity index (χ2n) is 7.87. The number of aryl methyl sites for hydroxylation is 1. The number of benzene rings is 2. The normalized spacial score (nSPS) is 13.3. The Morgan fingerprint density at radius 3 is 2.72 bits per heavy atom. The number of carbonyl (C=O) groups excluding carboxylic acids is 1. The first-order valence-corrected chi connectivity index (χ1v) is 10.5. The molecule has 4 rings (SSSR count). The Balaban J connectivity index is 1.46. The Labute approximate surface area is 185 Å². The number of aromatic hydroxyl groups is 1. The van der Waals surface area contributed by atoms with Crippen LogP contribution in [0.15, 0.2) is 57.7 Å². The molecule has 166 valence electrons. The van der Waals surface area contributed by atoms with Crippen molar-refractivity contribution in [3.05, 3.63) is 87.0 Å². The van der Waals surface area contributed by atoms with Crippen molar-refractivity contribution >= 4 is 5.91 Å². The third kappa shape index (κ3) is 4.77. The highest BCUT2D eigenvalue weighted by Crippen LogP contribution is 2.33. The van der Waals surface area contributed by atoms with Crippen molar-refractivity contribution in [2.45, 2.75) is 32.1 Å². The molecule has 2 aromatic carbocycles. The fourth-order valence-electron chi connectivity index (χ4n) is 3.90. The number of fused-ring (bicyclic) bond motifs is 1. The summed E-state index contributed by atoms with van der Waals surface area (Å²) in [6, 6.07) is 14.5. The lowest BCUT2D eigenvalue weighted by Gasteiger charge is -2.17. The first-order valence-electron chi connectivity index (χ1n) is 10.5. The third-order valence-electron chi connectivity index (χ3n) is 5.49. The van der Waals surface area contributed by atoms with Crippen LogP contribution in [0.4, 0.5) is 0 Å². The van der Waals surface area contributed by atoms with Gasteiger partial charge in [0.2, 0.25) is 17.1 Å². The molecule has 1 amide bonds. The van der Waals surface area contributed by atoms with Crippen molar-refractivity contribution in [1.29, 1.82) is 0 Å². The second-order valence-corrected chi connectivity index (χ2v) is 7.87. The number of rotatable bonds is 8. The lowest BCUT2D eigenvalue weighted by molar-refractivity contribution is -0.118. The predicted octanol–water partition coefficient (Wildman–Crippen LogP) is 3.22. The zero-order chi connectivity index (χ0) is 22.7. The molecule has 0 unspecified atom stereocenters. The molecule has 7 nitrogen and oxygen atoms in total. The van der Waals surface area contributed by atoms with Crippen LogP contribution in [0, 0.1) is 6.92 Å². The van der Waals surface area contributed by atoms with Gasteiger partial charge in [-0.1, -0.05) is 24.3 Å². The van der Waals surface area contributed by atoms with Crippen LogP contribution in [0.3, 0.4) is 0 Å². The number of primary amides is 1. The van der Waals surface area contributed by atoms with Crippen LogP contribution in [0.1, 0.15) is 40.5 Å². The van der Waals surface area contributed by atoms with Gasteiger partial charge < -0.3 is 24.7 Å². The van der Waals surface area contributed by atoms with E-state index >= 15 is 0 Å². The number of amides is 1. The summed E-state index contributed by atoms with van der Waals surface area (Å²) in [5, 5.41) is 10.2. The van der Waals surface area contributed by atoms with Gasteiger partial charge in [0, 0.05) is 25.3 Å². The highest BCUT2D eigenvalue weighted by atomic mass is 16.5. The van der Waals surface area contributed by atoms with Crippen molar-refractivity contribution in [2.24, 2.45) is 5.73 Å². The minimum atomic E-state index is -0.678. The van der Waals surface area contributed by atoms with E-state index in [-0.39, 0.29) is 12.2 Å². The Kier molecular flexibility index (Phi) is 6.16. The zero-order valence-electron chi connectivity index (χ0n) is 17.8. The lowest BCUT2D eigenvalue weighted by atomic mass is 9.92. The average Bonchev–Trinajstić information content (AvgIpc) is 3.23. The summed E-state index contributed by atoms with van der Waals surface area (Å²) in [7, 11) is 0. The van der Waals surface area contributed by atoms with Gasteiger partial charge in [-0.2, -0.15) is 0 Å². The van der Waals surface area contributed by atoms with Gasteiger partial charge in [0.1, 0.15) is 17.3 Å². The van der Waals surface area contributed by atoms with Gasteiger partial charge in [-0.15, -0.1) is 0 Å². The van der Waals surface area contributed by atoms with Crippen molar-refractivity contribution in [3.8, 4) is 17.2 Å². The molecule has 0 saturated carbocycles. The molecule has 1 aromatic heterocycles. The Morgan fingerprint density at radius 2 is 1.97 bits per heavy atom. The molecule has 0 bridgehead atoms. The fraction of sp³-hybridized carbons (Fsp3) is 0.280. The molecule has 3 N–H and O–H groups in total. The lowest BCUT2D eigenvalue weighted by Crippen LogP contribution is -2.17. The highest BCUT2D eigenvalue weighted by molar-refractivity contribution is 5.75. The van der Waals surface area contributed by atoms with E-state index in [2.05, 4.69) is 6.07 Å². The molecule has 3 aromatic rings. The summed E-state index contributed by atoms with van der Waals surface area (Å²) < 4.78 is 17.0. The van der Waals surface area contributed by atoms with E-state index in [4.69, 9.17) is 19.6 Å². The van der Waals surface area contributed by atoms with Crippen LogP contribution >= 0.6 is 0 Å². The molecule has 0 fully saturated rings. The van der Waals surface area contributed by atoms with Gasteiger partial charge in [0.15, 0.2) is 5.76 Å². The number of nitrogens with two attached hydrogens (primary N) is 1. The topological polar surface area (TPSA) is 112 Å². The summed E-state index contributed by atoms with van der Waals surface area (Å²) in [6.07, 6.45) is 1.60. The SMILES string of the molecule is Cc1cc(=O)c(O)c([C@H](CC(N)=O)c2ccc(OCCc3ccc4c(c3)CCO4)cc2)o1. The van der Waals surface area contributed by atoms with E-state index < -0.39 is 23.0 Å². The monoisotopic (exact) mass is 435 g/mol. The molecule has 1 atom stereocenters. The van der Waals surface area contributed by atoms with Gasteiger partial charge in [-0.05, 0) is 41.8 Å². The van der Waals surface area contributed by atoms with E-state index in [1.807, 2.05) is 12.1 Å². The van der Waals surface area contributed by atoms with Crippen LogP contribution in [0.2, 0.25) is 0 Å². The number of ether oxygens (including phenoxy) is 2. The molecule has 1 aliphatic rings. The van der Waals surface area contributed by atoms with Gasteiger partial charge in [0.05, 0.1) is 19.1 Å².